The van der Waals surface area contributed by atoms with E-state index in [2.05, 4.69) is 0 Å². The van der Waals surface area contributed by atoms with E-state index in [1.165, 1.54) is 0 Å². The van der Waals surface area contributed by atoms with Crippen molar-refractivity contribution in [3.05, 3.63) is 0 Å². The minimum atomic E-state index is -1.83. The summed E-state index contributed by atoms with van der Waals surface area (Å²) in [5.74, 6) is -2.20. The summed E-state index contributed by atoms with van der Waals surface area (Å²) in [7, 11) is 0. The SMILES string of the molecule is CC(=O)C(=O)O.O=C(O)O.[NaH].[NaH].[NaH]. The van der Waals surface area contributed by atoms with Crippen LogP contribution in [0.25, 0.3) is 0 Å². The van der Waals surface area contributed by atoms with Gasteiger partial charge in [0.25, 0.3) is 0 Å². The molecular weight excluding hydrogens is 213 g/mol. The number of carboxylic acids is 1. The minimum absolute atomic E-state index is 0. The van der Waals surface area contributed by atoms with Gasteiger partial charge in [-0.2, -0.15) is 0 Å². The van der Waals surface area contributed by atoms with E-state index >= 15 is 0 Å². The summed E-state index contributed by atoms with van der Waals surface area (Å²) >= 11 is 0. The number of hydrogen-bond acceptors (Lipinski definition) is 3. The molecule has 0 bridgehead atoms. The van der Waals surface area contributed by atoms with Gasteiger partial charge in [-0.1, -0.05) is 0 Å². The Balaban J connectivity index is -0.0000000279. The van der Waals surface area contributed by atoms with Crippen LogP contribution >= 0.6 is 0 Å². The zero-order valence-electron chi connectivity index (χ0n) is 5.07. The standard InChI is InChI=1S/C3H4O3.CH2O3.3Na.3H/c1-2(4)3(5)6;2-1(3)4;;;;;;/h1H3,(H,5,6);(H2,2,3,4);;;;;;. The van der Waals surface area contributed by atoms with Crippen LogP contribution in [-0.2, 0) is 9.59 Å². The molecule has 0 aromatic rings. The van der Waals surface area contributed by atoms with Gasteiger partial charge < -0.3 is 15.3 Å². The number of carbonyl (C=O) groups excluding carboxylic acids is 1. The second-order valence-corrected chi connectivity index (χ2v) is 1.14. The van der Waals surface area contributed by atoms with E-state index in [0.717, 1.165) is 6.92 Å². The average Bonchev–Trinajstić information content (AvgIpc) is 1.63. The third-order valence-electron chi connectivity index (χ3n) is 0.301. The van der Waals surface area contributed by atoms with Gasteiger partial charge in [0, 0.05) is 6.92 Å². The number of carboxylic acid groups (broad SMARTS) is 3. The normalized spacial score (nSPS) is 5.31. The van der Waals surface area contributed by atoms with Crippen LogP contribution in [0.5, 0.6) is 0 Å². The molecule has 3 N–H and O–H groups in total. The van der Waals surface area contributed by atoms with Crippen molar-refractivity contribution >= 4 is 107 Å². The van der Waals surface area contributed by atoms with E-state index in [9.17, 15) is 9.59 Å². The van der Waals surface area contributed by atoms with Crippen molar-refractivity contribution in [3.8, 4) is 0 Å². The molecule has 0 radical (unpaired) electrons. The summed E-state index contributed by atoms with van der Waals surface area (Å²) in [4.78, 5) is 27.4. The van der Waals surface area contributed by atoms with Gasteiger partial charge in [0.15, 0.2) is 0 Å². The van der Waals surface area contributed by atoms with Crippen LogP contribution in [0.4, 0.5) is 4.79 Å². The predicted octanol–water partition coefficient (Wildman–Crippen LogP) is -2.06. The van der Waals surface area contributed by atoms with E-state index in [1.54, 1.807) is 0 Å². The molecule has 0 saturated carbocycles. The fraction of sp³-hybridized carbons (Fsp3) is 0.250. The molecule has 9 heteroatoms. The maximum absolute atomic E-state index is 9.54. The van der Waals surface area contributed by atoms with E-state index in [0.29, 0.717) is 0 Å². The van der Waals surface area contributed by atoms with Gasteiger partial charge in [-0.25, -0.2) is 9.59 Å². The molecule has 0 aliphatic carbocycles. The molecule has 0 aromatic heterocycles. The molecule has 6 nitrogen and oxygen atoms in total. The number of ketones is 1. The van der Waals surface area contributed by atoms with Crippen molar-refractivity contribution in [1.29, 1.82) is 0 Å². The Kier molecular flexibility index (Phi) is 42.9. The quantitative estimate of drug-likeness (QED) is 0.347. The Labute approximate surface area is 141 Å². The Bertz CT molecular complexity index is 142. The van der Waals surface area contributed by atoms with Crippen LogP contribution in [0.2, 0.25) is 0 Å². The molecule has 0 heterocycles. The van der Waals surface area contributed by atoms with Crippen molar-refractivity contribution in [1.82, 2.24) is 0 Å². The molecule has 13 heavy (non-hydrogen) atoms. The van der Waals surface area contributed by atoms with E-state index < -0.39 is 17.9 Å². The monoisotopic (exact) mass is 222 g/mol. The number of carbonyl (C=O) groups is 3. The van der Waals surface area contributed by atoms with Crippen LogP contribution < -0.4 is 0 Å². The summed E-state index contributed by atoms with van der Waals surface area (Å²) in [6.07, 6.45) is -1.83. The summed E-state index contributed by atoms with van der Waals surface area (Å²) < 4.78 is 0. The predicted molar refractivity (Wildman–Crippen MR) is 50.4 cm³/mol. The van der Waals surface area contributed by atoms with Gasteiger partial charge in [-0.15, -0.1) is 0 Å². The Morgan fingerprint density at radius 2 is 0.923 bits per heavy atom. The first-order chi connectivity index (χ1) is 4.37. The zero-order valence-corrected chi connectivity index (χ0v) is 5.07. The molecule has 0 unspecified atom stereocenters. The summed E-state index contributed by atoms with van der Waals surface area (Å²) in [6, 6.07) is 0. The van der Waals surface area contributed by atoms with Crippen molar-refractivity contribution in [2.75, 3.05) is 0 Å². The average molecular weight is 222 g/mol. The molecule has 64 valence electrons. The van der Waals surface area contributed by atoms with Gasteiger partial charge in [0.2, 0.25) is 5.78 Å². The summed E-state index contributed by atoms with van der Waals surface area (Å²) in [5, 5.41) is 21.6. The van der Waals surface area contributed by atoms with Gasteiger partial charge in [-0.3, -0.25) is 4.79 Å². The number of Topliss-reactive ketones (excluding diaryl/α,β-unsaturated/α-hetero) is 1. The third-order valence-corrected chi connectivity index (χ3v) is 0.301. The van der Waals surface area contributed by atoms with Gasteiger partial charge in [-0.05, 0) is 0 Å². The van der Waals surface area contributed by atoms with E-state index in [1.807, 2.05) is 0 Å². The molecule has 0 amide bonds. The first-order valence-electron chi connectivity index (χ1n) is 2.03. The van der Waals surface area contributed by atoms with Gasteiger partial charge in [0.1, 0.15) is 0 Å². The molecule has 0 aromatic carbocycles. The molecule has 0 saturated heterocycles. The Morgan fingerprint density at radius 3 is 0.923 bits per heavy atom. The number of hydrogen-bond donors (Lipinski definition) is 3. The van der Waals surface area contributed by atoms with E-state index in [-0.39, 0.29) is 88.7 Å². The van der Waals surface area contributed by atoms with Gasteiger partial charge in [0.05, 0.1) is 0 Å². The molecule has 0 spiro atoms. The van der Waals surface area contributed by atoms with Crippen molar-refractivity contribution in [2.24, 2.45) is 0 Å². The van der Waals surface area contributed by atoms with Crippen LogP contribution in [0.3, 0.4) is 0 Å². The van der Waals surface area contributed by atoms with E-state index in [4.69, 9.17) is 20.1 Å². The molecule has 0 aliphatic heterocycles. The molecule has 0 atom stereocenters. The van der Waals surface area contributed by atoms with Crippen LogP contribution in [-0.4, -0.2) is 122 Å². The zero-order chi connectivity index (χ0) is 8.73. The molecular formula is C4H9Na3O6. The topological polar surface area (TPSA) is 112 Å². The van der Waals surface area contributed by atoms with Crippen molar-refractivity contribution in [3.63, 3.8) is 0 Å². The number of aliphatic carboxylic acids is 1. The Morgan fingerprint density at radius 1 is 0.846 bits per heavy atom. The Hall–Kier alpha value is 1.41. The van der Waals surface area contributed by atoms with Crippen LogP contribution in [0.15, 0.2) is 0 Å². The van der Waals surface area contributed by atoms with Crippen LogP contribution in [0, 0.1) is 0 Å². The summed E-state index contributed by atoms with van der Waals surface area (Å²) in [5.41, 5.74) is 0. The fourth-order valence-corrected chi connectivity index (χ4v) is 0. The first kappa shape index (κ1) is 29.3. The van der Waals surface area contributed by atoms with Crippen molar-refractivity contribution < 1.29 is 29.7 Å². The summed E-state index contributed by atoms with van der Waals surface area (Å²) in [6.45, 7) is 1.00. The number of rotatable bonds is 1. The first-order valence-corrected chi connectivity index (χ1v) is 2.03. The van der Waals surface area contributed by atoms with Crippen molar-refractivity contribution in [2.45, 2.75) is 6.92 Å². The van der Waals surface area contributed by atoms with Crippen LogP contribution in [0.1, 0.15) is 6.92 Å². The second kappa shape index (κ2) is 19.1. The second-order valence-electron chi connectivity index (χ2n) is 1.14. The molecule has 0 rings (SSSR count). The van der Waals surface area contributed by atoms with Gasteiger partial charge >= 0.3 is 101 Å². The fourth-order valence-electron chi connectivity index (χ4n) is 0. The molecule has 0 aliphatic rings. The third kappa shape index (κ3) is 59.6. The maximum atomic E-state index is 9.54. The molecule has 0 fully saturated rings.